The van der Waals surface area contributed by atoms with Gasteiger partial charge in [0.05, 0.1) is 0 Å². The Bertz CT molecular complexity index is 329. The Hall–Kier alpha value is -0.810. The highest BCUT2D eigenvalue weighted by Crippen LogP contribution is 2.22. The number of nitrogens with two attached hydrogens (primary N) is 1. The first-order chi connectivity index (χ1) is 8.78. The number of nitrogens with one attached hydrogen (secondary N) is 2. The molecule has 0 aromatic heterocycles. The summed E-state index contributed by atoms with van der Waals surface area (Å²) in [5.74, 6) is 0.0290. The van der Waals surface area contributed by atoms with Gasteiger partial charge >= 0.3 is 0 Å². The van der Waals surface area contributed by atoms with E-state index in [-0.39, 0.29) is 41.7 Å². The standard InChI is InChI=1S/C14H27N3O2.ClH/c1-14(2,3)17-12(18)7-8-16-13(19)10-5-4-6-11(15)9-10;/h10-11H,4-9,15H2,1-3H3,(H,16,19)(H,17,18);1H. The monoisotopic (exact) mass is 305 g/mol. The number of halogens is 1. The van der Waals surface area contributed by atoms with Crippen LogP contribution in [0.4, 0.5) is 0 Å². The Morgan fingerprint density at radius 2 is 1.90 bits per heavy atom. The molecule has 0 aromatic carbocycles. The molecule has 0 radical (unpaired) electrons. The van der Waals surface area contributed by atoms with Crippen LogP contribution in [0, 0.1) is 5.92 Å². The molecule has 1 aliphatic rings. The molecule has 2 amide bonds. The van der Waals surface area contributed by atoms with Crippen LogP contribution in [0.15, 0.2) is 0 Å². The zero-order valence-corrected chi connectivity index (χ0v) is 13.5. The first-order valence-electron chi connectivity index (χ1n) is 7.12. The van der Waals surface area contributed by atoms with E-state index < -0.39 is 0 Å². The first-order valence-corrected chi connectivity index (χ1v) is 7.12. The van der Waals surface area contributed by atoms with E-state index in [9.17, 15) is 9.59 Å². The maximum atomic E-state index is 11.9. The zero-order chi connectivity index (χ0) is 14.5. The van der Waals surface area contributed by atoms with Gasteiger partial charge in [-0.3, -0.25) is 9.59 Å². The van der Waals surface area contributed by atoms with Gasteiger partial charge in [-0.25, -0.2) is 0 Å². The number of carbonyl (C=O) groups excluding carboxylic acids is 2. The lowest BCUT2D eigenvalue weighted by Crippen LogP contribution is -2.43. The molecule has 2 unspecified atom stereocenters. The molecule has 6 heteroatoms. The Labute approximate surface area is 127 Å². The summed E-state index contributed by atoms with van der Waals surface area (Å²) in [6.45, 7) is 6.21. The van der Waals surface area contributed by atoms with Gasteiger partial charge in [-0.15, -0.1) is 12.4 Å². The quantitative estimate of drug-likeness (QED) is 0.733. The smallest absolute Gasteiger partial charge is 0.223 e. The maximum Gasteiger partial charge on any atom is 0.223 e. The molecule has 1 saturated carbocycles. The predicted molar refractivity (Wildman–Crippen MR) is 82.7 cm³/mol. The van der Waals surface area contributed by atoms with Gasteiger partial charge in [0.2, 0.25) is 11.8 Å². The number of amides is 2. The fourth-order valence-corrected chi connectivity index (χ4v) is 2.39. The summed E-state index contributed by atoms with van der Waals surface area (Å²) < 4.78 is 0. The third kappa shape index (κ3) is 7.70. The number of carbonyl (C=O) groups is 2. The summed E-state index contributed by atoms with van der Waals surface area (Å²) in [6.07, 6.45) is 4.02. The second-order valence-corrected chi connectivity index (χ2v) is 6.46. The zero-order valence-electron chi connectivity index (χ0n) is 12.7. The molecule has 0 saturated heterocycles. The largest absolute Gasteiger partial charge is 0.355 e. The molecule has 0 heterocycles. The summed E-state index contributed by atoms with van der Waals surface area (Å²) >= 11 is 0. The van der Waals surface area contributed by atoms with Gasteiger partial charge in [-0.1, -0.05) is 6.42 Å². The number of hydrogen-bond acceptors (Lipinski definition) is 3. The molecule has 0 bridgehead atoms. The summed E-state index contributed by atoms with van der Waals surface area (Å²) in [4.78, 5) is 23.5. The van der Waals surface area contributed by atoms with Crippen molar-refractivity contribution in [2.75, 3.05) is 6.54 Å². The average Bonchev–Trinajstić information content (AvgIpc) is 2.26. The van der Waals surface area contributed by atoms with Crippen LogP contribution in [0.2, 0.25) is 0 Å². The van der Waals surface area contributed by atoms with Gasteiger partial charge in [0, 0.05) is 30.5 Å². The summed E-state index contributed by atoms with van der Waals surface area (Å²) in [5.41, 5.74) is 5.64. The van der Waals surface area contributed by atoms with Crippen LogP contribution < -0.4 is 16.4 Å². The lowest BCUT2D eigenvalue weighted by molar-refractivity contribution is -0.126. The van der Waals surface area contributed by atoms with Crippen molar-refractivity contribution in [1.82, 2.24) is 10.6 Å². The highest BCUT2D eigenvalue weighted by Gasteiger charge is 2.25. The van der Waals surface area contributed by atoms with Gasteiger partial charge < -0.3 is 16.4 Å². The Kier molecular flexibility index (Phi) is 8.13. The summed E-state index contributed by atoms with van der Waals surface area (Å²) in [5, 5.41) is 5.70. The molecule has 118 valence electrons. The van der Waals surface area contributed by atoms with Crippen molar-refractivity contribution in [3.05, 3.63) is 0 Å². The minimum absolute atomic E-state index is 0. The van der Waals surface area contributed by atoms with E-state index in [1.807, 2.05) is 20.8 Å². The van der Waals surface area contributed by atoms with Crippen molar-refractivity contribution >= 4 is 24.2 Å². The van der Waals surface area contributed by atoms with Crippen LogP contribution >= 0.6 is 12.4 Å². The molecule has 4 N–H and O–H groups in total. The van der Waals surface area contributed by atoms with Crippen LogP contribution in [0.3, 0.4) is 0 Å². The Balaban J connectivity index is 0.00000361. The van der Waals surface area contributed by atoms with Crippen LogP contribution in [0.5, 0.6) is 0 Å². The van der Waals surface area contributed by atoms with Gasteiger partial charge in [0.25, 0.3) is 0 Å². The fraction of sp³-hybridized carbons (Fsp3) is 0.857. The van der Waals surface area contributed by atoms with Crippen molar-refractivity contribution < 1.29 is 9.59 Å². The molecule has 2 atom stereocenters. The van der Waals surface area contributed by atoms with Crippen LogP contribution in [0.25, 0.3) is 0 Å². The minimum Gasteiger partial charge on any atom is -0.355 e. The van der Waals surface area contributed by atoms with Crippen LogP contribution in [0.1, 0.15) is 52.9 Å². The van der Waals surface area contributed by atoms with Gasteiger partial charge in [0.1, 0.15) is 0 Å². The predicted octanol–water partition coefficient (Wildman–Crippen LogP) is 1.35. The van der Waals surface area contributed by atoms with Gasteiger partial charge in [-0.2, -0.15) is 0 Å². The van der Waals surface area contributed by atoms with Crippen LogP contribution in [-0.4, -0.2) is 29.9 Å². The van der Waals surface area contributed by atoms with Gasteiger partial charge in [0.15, 0.2) is 0 Å². The number of rotatable bonds is 4. The highest BCUT2D eigenvalue weighted by molar-refractivity contribution is 5.85. The third-order valence-electron chi connectivity index (χ3n) is 3.25. The van der Waals surface area contributed by atoms with E-state index in [4.69, 9.17) is 5.73 Å². The first kappa shape index (κ1) is 19.2. The van der Waals surface area contributed by atoms with E-state index in [1.165, 1.54) is 0 Å². The molecular weight excluding hydrogens is 278 g/mol. The summed E-state index contributed by atoms with van der Waals surface area (Å²) in [6, 6.07) is 0.147. The molecule has 5 nitrogen and oxygen atoms in total. The highest BCUT2D eigenvalue weighted by atomic mass is 35.5. The van der Waals surface area contributed by atoms with E-state index in [0.29, 0.717) is 13.0 Å². The number of hydrogen-bond donors (Lipinski definition) is 3. The van der Waals surface area contributed by atoms with Gasteiger partial charge in [-0.05, 0) is 40.0 Å². The van der Waals surface area contributed by atoms with E-state index in [2.05, 4.69) is 10.6 Å². The second kappa shape index (κ2) is 8.47. The van der Waals surface area contributed by atoms with E-state index in [1.54, 1.807) is 0 Å². The molecule has 1 fully saturated rings. The molecule has 0 spiro atoms. The SMILES string of the molecule is CC(C)(C)NC(=O)CCNC(=O)C1CCCC(N)C1.Cl. The lowest BCUT2D eigenvalue weighted by Gasteiger charge is -2.25. The Morgan fingerprint density at radius 3 is 2.45 bits per heavy atom. The normalized spacial score (nSPS) is 22.6. The third-order valence-corrected chi connectivity index (χ3v) is 3.25. The lowest BCUT2D eigenvalue weighted by atomic mass is 9.85. The van der Waals surface area contributed by atoms with Crippen molar-refractivity contribution in [3.63, 3.8) is 0 Å². The molecular formula is C14H28ClN3O2. The molecule has 20 heavy (non-hydrogen) atoms. The maximum absolute atomic E-state index is 11.9. The molecule has 1 rings (SSSR count). The second-order valence-electron chi connectivity index (χ2n) is 6.46. The fourth-order valence-electron chi connectivity index (χ4n) is 2.39. The van der Waals surface area contributed by atoms with Crippen molar-refractivity contribution in [2.45, 2.75) is 64.5 Å². The Morgan fingerprint density at radius 1 is 1.25 bits per heavy atom. The molecule has 1 aliphatic carbocycles. The molecule has 0 aromatic rings. The van der Waals surface area contributed by atoms with E-state index in [0.717, 1.165) is 25.7 Å². The average molecular weight is 306 g/mol. The minimum atomic E-state index is -0.225. The van der Waals surface area contributed by atoms with Crippen molar-refractivity contribution in [3.8, 4) is 0 Å². The van der Waals surface area contributed by atoms with Crippen LogP contribution in [-0.2, 0) is 9.59 Å². The van der Waals surface area contributed by atoms with Crippen molar-refractivity contribution in [1.29, 1.82) is 0 Å². The van der Waals surface area contributed by atoms with E-state index >= 15 is 0 Å². The van der Waals surface area contributed by atoms with Crippen molar-refractivity contribution in [2.24, 2.45) is 11.7 Å². The summed E-state index contributed by atoms with van der Waals surface area (Å²) in [7, 11) is 0. The molecule has 0 aliphatic heterocycles. The topological polar surface area (TPSA) is 84.2 Å².